The number of fused-ring (bicyclic) bond motifs is 1. The second kappa shape index (κ2) is 3.97. The third-order valence-corrected chi connectivity index (χ3v) is 3.33. The number of amides is 3. The number of carboxylic acid groups (broad SMARTS) is 1. The van der Waals surface area contributed by atoms with E-state index in [4.69, 9.17) is 5.11 Å². The van der Waals surface area contributed by atoms with Crippen molar-refractivity contribution in [2.24, 2.45) is 4.99 Å². The van der Waals surface area contributed by atoms with Gasteiger partial charge in [0.25, 0.3) is 5.91 Å². The van der Waals surface area contributed by atoms with Gasteiger partial charge in [0, 0.05) is 14.1 Å². The number of carboxylic acids is 1. The van der Waals surface area contributed by atoms with Crippen LogP contribution in [0.25, 0.3) is 0 Å². The average molecular weight is 254 g/mol. The molecule has 2 heterocycles. The standard InChI is InChI=1S/C10H14N4O4/c1-5(9(16)17)14-4-11-7-6(14)8(15)13(3)10(18)12(7)2/h4-7H,1-3H3,(H,16,17)/t5-,6?,7?/m0/s1. The van der Waals surface area contributed by atoms with E-state index < -0.39 is 36.2 Å². The first-order chi connectivity index (χ1) is 8.36. The molecule has 2 aliphatic heterocycles. The molecule has 8 heteroatoms. The fraction of sp³-hybridized carbons (Fsp3) is 0.600. The van der Waals surface area contributed by atoms with Crippen LogP contribution in [0.2, 0.25) is 0 Å². The van der Waals surface area contributed by atoms with E-state index in [1.54, 1.807) is 0 Å². The Morgan fingerprint density at radius 3 is 2.61 bits per heavy atom. The van der Waals surface area contributed by atoms with Gasteiger partial charge in [-0.25, -0.2) is 14.6 Å². The number of aliphatic carboxylic acids is 1. The van der Waals surface area contributed by atoms with Crippen molar-refractivity contribution in [1.82, 2.24) is 14.7 Å². The number of hydrogen-bond acceptors (Lipinski definition) is 5. The molecule has 0 spiro atoms. The first-order valence-corrected chi connectivity index (χ1v) is 5.44. The number of aliphatic imine (C=N–C) groups is 1. The Kier molecular flexibility index (Phi) is 2.72. The van der Waals surface area contributed by atoms with Gasteiger partial charge in [-0.15, -0.1) is 0 Å². The van der Waals surface area contributed by atoms with Crippen molar-refractivity contribution in [2.45, 2.75) is 25.2 Å². The van der Waals surface area contributed by atoms with Crippen LogP contribution in [0.5, 0.6) is 0 Å². The molecule has 3 atom stereocenters. The minimum atomic E-state index is -1.04. The van der Waals surface area contributed by atoms with Gasteiger partial charge in [-0.05, 0) is 6.92 Å². The highest BCUT2D eigenvalue weighted by Crippen LogP contribution is 2.25. The van der Waals surface area contributed by atoms with E-state index in [1.165, 1.54) is 37.2 Å². The van der Waals surface area contributed by atoms with Crippen molar-refractivity contribution in [3.63, 3.8) is 0 Å². The highest BCUT2D eigenvalue weighted by Gasteiger charge is 2.50. The van der Waals surface area contributed by atoms with E-state index in [0.29, 0.717) is 0 Å². The Morgan fingerprint density at radius 2 is 2.06 bits per heavy atom. The van der Waals surface area contributed by atoms with Crippen LogP contribution >= 0.6 is 0 Å². The number of rotatable bonds is 2. The summed E-state index contributed by atoms with van der Waals surface area (Å²) in [5.74, 6) is -1.48. The van der Waals surface area contributed by atoms with Crippen LogP contribution in [-0.4, -0.2) is 76.4 Å². The number of hydrogen-bond donors (Lipinski definition) is 1. The normalized spacial score (nSPS) is 28.7. The van der Waals surface area contributed by atoms with Crippen molar-refractivity contribution in [3.05, 3.63) is 0 Å². The molecule has 3 amide bonds. The van der Waals surface area contributed by atoms with E-state index in [1.807, 2.05) is 0 Å². The quantitative estimate of drug-likeness (QED) is 0.683. The SMILES string of the molecule is C[C@@H](C(=O)O)N1C=NC2C1C(=O)N(C)C(=O)N2C. The van der Waals surface area contributed by atoms with Crippen molar-refractivity contribution >= 4 is 24.2 Å². The van der Waals surface area contributed by atoms with Crippen molar-refractivity contribution in [1.29, 1.82) is 0 Å². The van der Waals surface area contributed by atoms with Crippen molar-refractivity contribution < 1.29 is 19.5 Å². The highest BCUT2D eigenvalue weighted by molar-refractivity contribution is 6.02. The molecule has 2 aliphatic rings. The summed E-state index contributed by atoms with van der Waals surface area (Å²) in [6.07, 6.45) is 0.678. The molecular formula is C10H14N4O4. The van der Waals surface area contributed by atoms with Gasteiger partial charge >= 0.3 is 12.0 Å². The Bertz CT molecular complexity index is 449. The lowest BCUT2D eigenvalue weighted by Gasteiger charge is -2.40. The molecule has 0 aromatic heterocycles. The fourth-order valence-electron chi connectivity index (χ4n) is 2.13. The summed E-state index contributed by atoms with van der Waals surface area (Å²) in [6, 6.07) is -2.07. The zero-order chi connectivity index (χ0) is 13.6. The molecule has 1 saturated heterocycles. The van der Waals surface area contributed by atoms with Gasteiger partial charge in [0.1, 0.15) is 6.04 Å². The maximum absolute atomic E-state index is 12.1. The molecule has 0 aromatic carbocycles. The first-order valence-electron chi connectivity index (χ1n) is 5.44. The number of nitrogens with zero attached hydrogens (tertiary/aromatic N) is 4. The average Bonchev–Trinajstić information content (AvgIpc) is 2.77. The Labute approximate surface area is 103 Å². The van der Waals surface area contributed by atoms with Gasteiger partial charge in [0.2, 0.25) is 0 Å². The van der Waals surface area contributed by atoms with Crippen molar-refractivity contribution in [2.75, 3.05) is 14.1 Å². The fourth-order valence-corrected chi connectivity index (χ4v) is 2.13. The third kappa shape index (κ3) is 1.52. The Morgan fingerprint density at radius 1 is 1.44 bits per heavy atom. The summed E-state index contributed by atoms with van der Waals surface area (Å²) >= 11 is 0. The summed E-state index contributed by atoms with van der Waals surface area (Å²) in [5.41, 5.74) is 0. The molecular weight excluding hydrogens is 240 g/mol. The zero-order valence-electron chi connectivity index (χ0n) is 10.3. The lowest BCUT2D eigenvalue weighted by atomic mass is 10.1. The highest BCUT2D eigenvalue weighted by atomic mass is 16.4. The number of likely N-dealkylation sites (N-methyl/N-ethyl adjacent to an activating group) is 2. The molecule has 1 N–H and O–H groups in total. The summed E-state index contributed by atoms with van der Waals surface area (Å²) < 4.78 is 0. The topological polar surface area (TPSA) is 93.5 Å². The molecule has 2 unspecified atom stereocenters. The summed E-state index contributed by atoms with van der Waals surface area (Å²) in [6.45, 7) is 1.47. The lowest BCUT2D eigenvalue weighted by Crippen LogP contribution is -2.65. The Hall–Kier alpha value is -2.12. The maximum Gasteiger partial charge on any atom is 0.328 e. The minimum Gasteiger partial charge on any atom is -0.480 e. The molecule has 1 fully saturated rings. The van der Waals surface area contributed by atoms with Gasteiger partial charge in [-0.1, -0.05) is 0 Å². The molecule has 2 rings (SSSR count). The second-order valence-electron chi connectivity index (χ2n) is 4.38. The predicted molar refractivity (Wildman–Crippen MR) is 60.9 cm³/mol. The molecule has 0 radical (unpaired) electrons. The monoisotopic (exact) mass is 254 g/mol. The van der Waals surface area contributed by atoms with Crippen LogP contribution in [-0.2, 0) is 9.59 Å². The molecule has 18 heavy (non-hydrogen) atoms. The number of urea groups is 1. The zero-order valence-corrected chi connectivity index (χ0v) is 10.3. The van der Waals surface area contributed by atoms with Crippen LogP contribution in [0.3, 0.4) is 0 Å². The minimum absolute atomic E-state index is 0.436. The first kappa shape index (κ1) is 12.3. The molecule has 0 saturated carbocycles. The van der Waals surface area contributed by atoms with Crippen molar-refractivity contribution in [3.8, 4) is 0 Å². The van der Waals surface area contributed by atoms with E-state index in [9.17, 15) is 14.4 Å². The number of carbonyl (C=O) groups excluding carboxylic acids is 2. The largest absolute Gasteiger partial charge is 0.480 e. The van der Waals surface area contributed by atoms with Crippen LogP contribution in [0, 0.1) is 0 Å². The van der Waals surface area contributed by atoms with Gasteiger partial charge < -0.3 is 14.9 Å². The Balaban J connectivity index is 2.32. The van der Waals surface area contributed by atoms with E-state index in [2.05, 4.69) is 4.99 Å². The second-order valence-corrected chi connectivity index (χ2v) is 4.38. The van der Waals surface area contributed by atoms with E-state index in [-0.39, 0.29) is 0 Å². The third-order valence-electron chi connectivity index (χ3n) is 3.33. The number of imide groups is 1. The smallest absolute Gasteiger partial charge is 0.328 e. The number of carbonyl (C=O) groups is 3. The van der Waals surface area contributed by atoms with Gasteiger partial charge in [0.05, 0.1) is 6.34 Å². The van der Waals surface area contributed by atoms with Gasteiger partial charge in [0.15, 0.2) is 12.2 Å². The van der Waals surface area contributed by atoms with Crippen LogP contribution in [0.15, 0.2) is 4.99 Å². The summed E-state index contributed by atoms with van der Waals surface area (Å²) in [7, 11) is 2.91. The van der Waals surface area contributed by atoms with Crippen LogP contribution < -0.4 is 0 Å². The van der Waals surface area contributed by atoms with Crippen LogP contribution in [0.4, 0.5) is 4.79 Å². The molecule has 0 bridgehead atoms. The summed E-state index contributed by atoms with van der Waals surface area (Å²) in [4.78, 5) is 42.5. The molecule has 0 aliphatic carbocycles. The lowest BCUT2D eigenvalue weighted by molar-refractivity contribution is -0.144. The maximum atomic E-state index is 12.1. The van der Waals surface area contributed by atoms with E-state index >= 15 is 0 Å². The van der Waals surface area contributed by atoms with Crippen LogP contribution in [0.1, 0.15) is 6.92 Å². The predicted octanol–water partition coefficient (Wildman–Crippen LogP) is -0.978. The van der Waals surface area contributed by atoms with Gasteiger partial charge in [-0.3, -0.25) is 9.69 Å². The molecule has 98 valence electrons. The molecule has 0 aromatic rings. The van der Waals surface area contributed by atoms with E-state index in [0.717, 1.165) is 4.90 Å². The molecule has 8 nitrogen and oxygen atoms in total. The van der Waals surface area contributed by atoms with Gasteiger partial charge in [-0.2, -0.15) is 0 Å². The summed E-state index contributed by atoms with van der Waals surface area (Å²) in [5, 5.41) is 8.99.